The lowest BCUT2D eigenvalue weighted by Gasteiger charge is -2.30. The zero-order valence-electron chi connectivity index (χ0n) is 8.15. The largest absolute Gasteiger partial charge is 0.283 e. The zero-order chi connectivity index (χ0) is 9.80. The van der Waals surface area contributed by atoms with Gasteiger partial charge >= 0.3 is 0 Å². The molecule has 1 saturated heterocycles. The topological polar surface area (TPSA) is 27.0 Å². The molecule has 0 aromatic carbocycles. The Labute approximate surface area is 88.8 Å². The van der Waals surface area contributed by atoms with Gasteiger partial charge in [0.05, 0.1) is 12.1 Å². The Morgan fingerprint density at radius 2 is 2.50 bits per heavy atom. The van der Waals surface area contributed by atoms with Crippen molar-refractivity contribution in [2.24, 2.45) is 0 Å². The van der Waals surface area contributed by atoms with Gasteiger partial charge in [-0.25, -0.2) is 0 Å². The maximum absolute atomic E-state index is 9.00. The minimum Gasteiger partial charge on any atom is -0.283 e. The highest BCUT2D eigenvalue weighted by atomic mass is 32.1. The summed E-state index contributed by atoms with van der Waals surface area (Å²) in [7, 11) is 0. The number of rotatable bonds is 2. The van der Waals surface area contributed by atoms with Gasteiger partial charge in [-0.05, 0) is 37.3 Å². The second-order valence-electron chi connectivity index (χ2n) is 3.69. The summed E-state index contributed by atoms with van der Waals surface area (Å²) in [5, 5.41) is 11.1. The van der Waals surface area contributed by atoms with Crippen molar-refractivity contribution in [3.05, 3.63) is 22.4 Å². The lowest BCUT2D eigenvalue weighted by Crippen LogP contribution is -2.37. The van der Waals surface area contributed by atoms with Crippen molar-refractivity contribution in [2.75, 3.05) is 6.54 Å². The number of hydrogen-bond acceptors (Lipinski definition) is 3. The third-order valence-corrected chi connectivity index (χ3v) is 3.56. The SMILES string of the molecule is N#CC1CCCCN1Cc1cccs1. The molecule has 1 fully saturated rings. The fourth-order valence-corrected chi connectivity index (χ4v) is 2.66. The maximum Gasteiger partial charge on any atom is 0.0981 e. The molecule has 1 aromatic heterocycles. The first-order valence-corrected chi connectivity index (χ1v) is 5.94. The van der Waals surface area contributed by atoms with Gasteiger partial charge < -0.3 is 0 Å². The summed E-state index contributed by atoms with van der Waals surface area (Å²) < 4.78 is 0. The number of likely N-dealkylation sites (tertiary alicyclic amines) is 1. The molecule has 0 radical (unpaired) electrons. The molecule has 0 aliphatic carbocycles. The van der Waals surface area contributed by atoms with Crippen molar-refractivity contribution >= 4 is 11.3 Å². The van der Waals surface area contributed by atoms with Crippen LogP contribution >= 0.6 is 11.3 Å². The van der Waals surface area contributed by atoms with Crippen LogP contribution in [-0.2, 0) is 6.54 Å². The second-order valence-corrected chi connectivity index (χ2v) is 4.72. The van der Waals surface area contributed by atoms with E-state index in [1.54, 1.807) is 11.3 Å². The highest BCUT2D eigenvalue weighted by Gasteiger charge is 2.21. The summed E-state index contributed by atoms with van der Waals surface area (Å²) in [6.45, 7) is 2.03. The Morgan fingerprint density at radius 3 is 3.21 bits per heavy atom. The van der Waals surface area contributed by atoms with Crippen LogP contribution in [0, 0.1) is 11.3 Å². The summed E-state index contributed by atoms with van der Waals surface area (Å²) in [6.07, 6.45) is 3.49. The lowest BCUT2D eigenvalue weighted by molar-refractivity contribution is 0.178. The van der Waals surface area contributed by atoms with Gasteiger partial charge in [-0.15, -0.1) is 11.3 Å². The Hall–Kier alpha value is -0.850. The standard InChI is InChI=1S/C11H14N2S/c12-8-10-4-1-2-6-13(10)9-11-5-3-7-14-11/h3,5,7,10H,1-2,4,6,9H2. The lowest BCUT2D eigenvalue weighted by atomic mass is 10.0. The van der Waals surface area contributed by atoms with Gasteiger partial charge in [-0.2, -0.15) is 5.26 Å². The van der Waals surface area contributed by atoms with Crippen LogP contribution in [0.5, 0.6) is 0 Å². The molecule has 74 valence electrons. The fourth-order valence-electron chi connectivity index (χ4n) is 1.93. The number of nitriles is 1. The fraction of sp³-hybridized carbons (Fsp3) is 0.545. The number of nitrogens with zero attached hydrogens (tertiary/aromatic N) is 2. The number of thiophene rings is 1. The van der Waals surface area contributed by atoms with Crippen molar-refractivity contribution < 1.29 is 0 Å². The average Bonchev–Trinajstić information content (AvgIpc) is 2.71. The van der Waals surface area contributed by atoms with E-state index in [0.29, 0.717) is 0 Å². The summed E-state index contributed by atoms with van der Waals surface area (Å²) in [4.78, 5) is 3.67. The van der Waals surface area contributed by atoms with Gasteiger partial charge in [0, 0.05) is 11.4 Å². The van der Waals surface area contributed by atoms with Crippen LogP contribution in [0.2, 0.25) is 0 Å². The van der Waals surface area contributed by atoms with E-state index in [0.717, 1.165) is 19.5 Å². The second kappa shape index (κ2) is 4.59. The highest BCUT2D eigenvalue weighted by Crippen LogP contribution is 2.20. The Balaban J connectivity index is 1.99. The normalized spacial score (nSPS) is 23.2. The molecule has 1 aliphatic heterocycles. The first-order chi connectivity index (χ1) is 6.90. The van der Waals surface area contributed by atoms with Crippen molar-refractivity contribution in [3.63, 3.8) is 0 Å². The molecule has 2 rings (SSSR count). The summed E-state index contributed by atoms with van der Waals surface area (Å²) in [5.74, 6) is 0. The van der Waals surface area contributed by atoms with Gasteiger partial charge in [-0.1, -0.05) is 6.07 Å². The van der Waals surface area contributed by atoms with Gasteiger partial charge in [-0.3, -0.25) is 4.90 Å². The van der Waals surface area contributed by atoms with Crippen molar-refractivity contribution in [1.82, 2.24) is 4.90 Å². The molecule has 1 aromatic rings. The minimum absolute atomic E-state index is 0.144. The monoisotopic (exact) mass is 206 g/mol. The summed E-state index contributed by atoms with van der Waals surface area (Å²) in [5.41, 5.74) is 0. The molecular formula is C11H14N2S. The van der Waals surface area contributed by atoms with Gasteiger partial charge in [0.1, 0.15) is 0 Å². The van der Waals surface area contributed by atoms with Crippen LogP contribution in [0.25, 0.3) is 0 Å². The van der Waals surface area contributed by atoms with Crippen LogP contribution in [0.4, 0.5) is 0 Å². The van der Waals surface area contributed by atoms with Crippen LogP contribution in [0.15, 0.2) is 17.5 Å². The van der Waals surface area contributed by atoms with E-state index in [2.05, 4.69) is 28.5 Å². The third-order valence-electron chi connectivity index (χ3n) is 2.70. The first kappa shape index (κ1) is 9.70. The highest BCUT2D eigenvalue weighted by molar-refractivity contribution is 7.09. The molecular weight excluding hydrogens is 192 g/mol. The van der Waals surface area contributed by atoms with Crippen LogP contribution in [-0.4, -0.2) is 17.5 Å². The molecule has 1 unspecified atom stereocenters. The molecule has 0 bridgehead atoms. The first-order valence-electron chi connectivity index (χ1n) is 5.06. The van der Waals surface area contributed by atoms with Crippen molar-refractivity contribution in [3.8, 4) is 6.07 Å². The molecule has 1 atom stereocenters. The van der Waals surface area contributed by atoms with Crippen LogP contribution < -0.4 is 0 Å². The number of hydrogen-bond donors (Lipinski definition) is 0. The smallest absolute Gasteiger partial charge is 0.0981 e. The Bertz CT molecular complexity index is 313. The summed E-state index contributed by atoms with van der Waals surface area (Å²) >= 11 is 1.78. The van der Waals surface area contributed by atoms with E-state index in [9.17, 15) is 0 Å². The van der Waals surface area contributed by atoms with Crippen molar-refractivity contribution in [1.29, 1.82) is 5.26 Å². The van der Waals surface area contributed by atoms with Crippen LogP contribution in [0.1, 0.15) is 24.1 Å². The van der Waals surface area contributed by atoms with E-state index in [1.807, 2.05) is 0 Å². The molecule has 3 heteroatoms. The summed E-state index contributed by atoms with van der Waals surface area (Å²) in [6, 6.07) is 6.76. The molecule has 1 aliphatic rings. The Morgan fingerprint density at radius 1 is 1.57 bits per heavy atom. The van der Waals surface area contributed by atoms with E-state index in [-0.39, 0.29) is 6.04 Å². The predicted octanol–water partition coefficient (Wildman–Crippen LogP) is 2.63. The van der Waals surface area contributed by atoms with Crippen LogP contribution in [0.3, 0.4) is 0 Å². The maximum atomic E-state index is 9.00. The van der Waals surface area contributed by atoms with E-state index in [4.69, 9.17) is 5.26 Å². The quantitative estimate of drug-likeness (QED) is 0.743. The van der Waals surface area contributed by atoms with Gasteiger partial charge in [0.15, 0.2) is 0 Å². The molecule has 2 heterocycles. The molecule has 14 heavy (non-hydrogen) atoms. The van der Waals surface area contributed by atoms with Gasteiger partial charge in [0.25, 0.3) is 0 Å². The van der Waals surface area contributed by atoms with E-state index in [1.165, 1.54) is 17.7 Å². The minimum atomic E-state index is 0.144. The molecule has 0 amide bonds. The molecule has 2 nitrogen and oxygen atoms in total. The van der Waals surface area contributed by atoms with E-state index < -0.39 is 0 Å². The van der Waals surface area contributed by atoms with Crippen molar-refractivity contribution in [2.45, 2.75) is 31.8 Å². The number of piperidine rings is 1. The molecule has 0 N–H and O–H groups in total. The van der Waals surface area contributed by atoms with E-state index >= 15 is 0 Å². The average molecular weight is 206 g/mol. The zero-order valence-corrected chi connectivity index (χ0v) is 8.96. The predicted molar refractivity (Wildman–Crippen MR) is 58.0 cm³/mol. The third kappa shape index (κ3) is 2.14. The van der Waals surface area contributed by atoms with Gasteiger partial charge in [0.2, 0.25) is 0 Å². The Kier molecular flexibility index (Phi) is 3.18. The molecule has 0 spiro atoms. The molecule has 0 saturated carbocycles.